The van der Waals surface area contributed by atoms with E-state index >= 15 is 0 Å². The highest BCUT2D eigenvalue weighted by molar-refractivity contribution is 5.43. The summed E-state index contributed by atoms with van der Waals surface area (Å²) in [6.07, 6.45) is 2.28. The average molecular weight is 283 g/mol. The summed E-state index contributed by atoms with van der Waals surface area (Å²) in [5.74, 6) is 0.702. The minimum atomic E-state index is 0.180. The molecular weight excluding hydrogens is 262 g/mol. The second kappa shape index (κ2) is 5.78. The Bertz CT molecular complexity index is 639. The van der Waals surface area contributed by atoms with Gasteiger partial charge in [0.1, 0.15) is 0 Å². The van der Waals surface area contributed by atoms with Crippen LogP contribution in [0.15, 0.2) is 42.5 Å². The fourth-order valence-corrected chi connectivity index (χ4v) is 3.09. The predicted molar refractivity (Wildman–Crippen MR) is 83.7 cm³/mol. The summed E-state index contributed by atoms with van der Waals surface area (Å²) < 4.78 is 5.18. The van der Waals surface area contributed by atoms with Gasteiger partial charge < -0.3 is 15.2 Å². The normalized spacial score (nSPS) is 18.3. The summed E-state index contributed by atoms with van der Waals surface area (Å²) >= 11 is 0. The van der Waals surface area contributed by atoms with Gasteiger partial charge in [-0.2, -0.15) is 0 Å². The van der Waals surface area contributed by atoms with Crippen molar-refractivity contribution in [3.63, 3.8) is 0 Å². The van der Waals surface area contributed by atoms with Crippen LogP contribution in [0.25, 0.3) is 0 Å². The fraction of sp³-hybridized carbons (Fsp3) is 0.333. The maximum absolute atomic E-state index is 9.69. The van der Waals surface area contributed by atoms with Crippen LogP contribution < -0.4 is 10.1 Å². The molecule has 0 fully saturated rings. The van der Waals surface area contributed by atoms with E-state index in [1.807, 2.05) is 12.1 Å². The molecule has 0 aliphatic heterocycles. The molecule has 2 aromatic rings. The first kappa shape index (κ1) is 14.0. The molecule has 3 heteroatoms. The van der Waals surface area contributed by atoms with E-state index in [1.165, 1.54) is 11.1 Å². The number of fused-ring (bicyclic) bond motifs is 1. The molecule has 3 rings (SSSR count). The van der Waals surface area contributed by atoms with Gasteiger partial charge in [0.15, 0.2) is 11.5 Å². The summed E-state index contributed by atoms with van der Waals surface area (Å²) in [5, 5.41) is 13.4. The van der Waals surface area contributed by atoms with Crippen molar-refractivity contribution in [2.24, 2.45) is 0 Å². The van der Waals surface area contributed by atoms with E-state index in [0.717, 1.165) is 18.4 Å². The van der Waals surface area contributed by atoms with E-state index < -0.39 is 0 Å². The zero-order valence-corrected chi connectivity index (χ0v) is 12.5. The van der Waals surface area contributed by atoms with Gasteiger partial charge in [0.25, 0.3) is 0 Å². The molecule has 0 spiro atoms. The lowest BCUT2D eigenvalue weighted by molar-refractivity contribution is 0.371. The van der Waals surface area contributed by atoms with Crippen molar-refractivity contribution in [2.45, 2.75) is 31.8 Å². The number of aryl methyl sites for hydroxylation is 1. The maximum Gasteiger partial charge on any atom is 0.160 e. The standard InChI is InChI=1S/C18H21NO2/c1-12(14-8-10-17(20)18(11-14)21-2)19-16-9-7-13-5-3-4-6-15(13)16/h3-6,8,10-12,16,19-20H,7,9H2,1-2H3. The minimum Gasteiger partial charge on any atom is -0.504 e. The number of aromatic hydroxyl groups is 1. The minimum absolute atomic E-state index is 0.180. The van der Waals surface area contributed by atoms with Crippen molar-refractivity contribution in [1.82, 2.24) is 5.32 Å². The van der Waals surface area contributed by atoms with Gasteiger partial charge in [-0.3, -0.25) is 0 Å². The Hall–Kier alpha value is -2.00. The van der Waals surface area contributed by atoms with Crippen molar-refractivity contribution in [1.29, 1.82) is 0 Å². The van der Waals surface area contributed by atoms with Gasteiger partial charge in [-0.1, -0.05) is 30.3 Å². The molecule has 0 saturated carbocycles. The molecule has 0 bridgehead atoms. The Morgan fingerprint density at radius 2 is 2.05 bits per heavy atom. The highest BCUT2D eigenvalue weighted by Gasteiger charge is 2.23. The first-order valence-corrected chi connectivity index (χ1v) is 7.40. The van der Waals surface area contributed by atoms with Crippen LogP contribution >= 0.6 is 0 Å². The molecule has 0 radical (unpaired) electrons. The van der Waals surface area contributed by atoms with Crippen LogP contribution in [-0.4, -0.2) is 12.2 Å². The van der Waals surface area contributed by atoms with E-state index in [0.29, 0.717) is 11.8 Å². The molecule has 2 aromatic carbocycles. The summed E-state index contributed by atoms with van der Waals surface area (Å²) in [4.78, 5) is 0. The van der Waals surface area contributed by atoms with E-state index in [2.05, 4.69) is 36.5 Å². The van der Waals surface area contributed by atoms with Crippen LogP contribution in [0.5, 0.6) is 11.5 Å². The van der Waals surface area contributed by atoms with Crippen LogP contribution in [0.3, 0.4) is 0 Å². The molecule has 0 amide bonds. The number of phenols is 1. The monoisotopic (exact) mass is 283 g/mol. The Kier molecular flexibility index (Phi) is 3.84. The summed E-state index contributed by atoms with van der Waals surface area (Å²) in [5.41, 5.74) is 3.98. The van der Waals surface area contributed by atoms with Gasteiger partial charge in [-0.15, -0.1) is 0 Å². The van der Waals surface area contributed by atoms with E-state index in [9.17, 15) is 5.11 Å². The molecule has 1 aliphatic rings. The zero-order chi connectivity index (χ0) is 14.8. The van der Waals surface area contributed by atoms with E-state index in [4.69, 9.17) is 4.74 Å². The Morgan fingerprint density at radius 3 is 2.86 bits per heavy atom. The van der Waals surface area contributed by atoms with Gasteiger partial charge in [-0.05, 0) is 48.6 Å². The predicted octanol–water partition coefficient (Wildman–Crippen LogP) is 3.74. The topological polar surface area (TPSA) is 41.5 Å². The van der Waals surface area contributed by atoms with Gasteiger partial charge in [-0.25, -0.2) is 0 Å². The molecular formula is C18H21NO2. The van der Waals surface area contributed by atoms with Crippen molar-refractivity contribution in [3.8, 4) is 11.5 Å². The third-order valence-electron chi connectivity index (χ3n) is 4.29. The molecule has 0 aromatic heterocycles. The molecule has 110 valence electrons. The zero-order valence-electron chi connectivity index (χ0n) is 12.5. The summed E-state index contributed by atoms with van der Waals surface area (Å²) in [7, 11) is 1.57. The number of phenolic OH excluding ortho intramolecular Hbond substituents is 1. The number of hydrogen-bond acceptors (Lipinski definition) is 3. The maximum atomic E-state index is 9.69. The van der Waals surface area contributed by atoms with Gasteiger partial charge in [0.2, 0.25) is 0 Å². The lowest BCUT2D eigenvalue weighted by Crippen LogP contribution is -2.23. The molecule has 2 N–H and O–H groups in total. The van der Waals surface area contributed by atoms with Gasteiger partial charge >= 0.3 is 0 Å². The third-order valence-corrected chi connectivity index (χ3v) is 4.29. The Morgan fingerprint density at radius 1 is 1.24 bits per heavy atom. The van der Waals surface area contributed by atoms with Crippen molar-refractivity contribution >= 4 is 0 Å². The van der Waals surface area contributed by atoms with Crippen LogP contribution in [0.1, 0.15) is 42.1 Å². The molecule has 3 nitrogen and oxygen atoms in total. The largest absolute Gasteiger partial charge is 0.504 e. The number of nitrogens with one attached hydrogen (secondary N) is 1. The van der Waals surface area contributed by atoms with E-state index in [-0.39, 0.29) is 11.8 Å². The van der Waals surface area contributed by atoms with Gasteiger partial charge in [0.05, 0.1) is 7.11 Å². The molecule has 0 saturated heterocycles. The second-order valence-corrected chi connectivity index (χ2v) is 5.61. The highest BCUT2D eigenvalue weighted by Crippen LogP contribution is 2.34. The van der Waals surface area contributed by atoms with Crippen LogP contribution in [-0.2, 0) is 6.42 Å². The quantitative estimate of drug-likeness (QED) is 0.898. The lowest BCUT2D eigenvalue weighted by atomic mass is 10.0. The highest BCUT2D eigenvalue weighted by atomic mass is 16.5. The first-order chi connectivity index (χ1) is 10.2. The second-order valence-electron chi connectivity index (χ2n) is 5.61. The fourth-order valence-electron chi connectivity index (χ4n) is 3.09. The average Bonchev–Trinajstić information content (AvgIpc) is 2.91. The Balaban J connectivity index is 1.77. The molecule has 2 unspecified atom stereocenters. The number of methoxy groups -OCH3 is 1. The number of benzene rings is 2. The van der Waals surface area contributed by atoms with Crippen molar-refractivity contribution in [3.05, 3.63) is 59.2 Å². The van der Waals surface area contributed by atoms with Crippen molar-refractivity contribution in [2.75, 3.05) is 7.11 Å². The van der Waals surface area contributed by atoms with Crippen molar-refractivity contribution < 1.29 is 9.84 Å². The Labute approximate surface area is 125 Å². The van der Waals surface area contributed by atoms with Gasteiger partial charge in [0, 0.05) is 12.1 Å². The smallest absolute Gasteiger partial charge is 0.160 e. The SMILES string of the molecule is COc1cc(C(C)NC2CCc3ccccc32)ccc1O. The summed E-state index contributed by atoms with van der Waals surface area (Å²) in [6.45, 7) is 2.15. The van der Waals surface area contributed by atoms with Crippen LogP contribution in [0, 0.1) is 0 Å². The molecule has 1 aliphatic carbocycles. The lowest BCUT2D eigenvalue weighted by Gasteiger charge is -2.21. The number of hydrogen-bond donors (Lipinski definition) is 2. The number of ether oxygens (including phenoxy) is 1. The molecule has 0 heterocycles. The van der Waals surface area contributed by atoms with Crippen LogP contribution in [0.4, 0.5) is 0 Å². The summed E-state index contributed by atoms with van der Waals surface area (Å²) in [6, 6.07) is 14.8. The van der Waals surface area contributed by atoms with E-state index in [1.54, 1.807) is 13.2 Å². The number of rotatable bonds is 4. The van der Waals surface area contributed by atoms with Crippen LogP contribution in [0.2, 0.25) is 0 Å². The first-order valence-electron chi connectivity index (χ1n) is 7.40. The molecule has 21 heavy (non-hydrogen) atoms. The third kappa shape index (κ3) is 2.74. The molecule has 2 atom stereocenters.